The van der Waals surface area contributed by atoms with Crippen LogP contribution in [0.25, 0.3) is 67.2 Å². The third-order valence-corrected chi connectivity index (χ3v) is 13.5. The molecule has 6 aromatic carbocycles. The molecule has 12 rings (SSSR count). The topological polar surface area (TPSA) is 247 Å². The minimum Gasteiger partial charge on any atom is -0.486 e. The van der Waals surface area contributed by atoms with Gasteiger partial charge in [0.05, 0.1) is 5.56 Å². The standard InChI is InChI=1S/C20H18N2O3.C19H15ClN2O3.C19H16N2O4.C2Cl2O2/c1-12-19(16-7-8-17-18(11-16)25-10-9-24-17)20(22-21-12)15-5-3-14(4-6-15)13(2)23;1-11-17(14-6-7-15-16(10-14)25-9-8-24-15)18(22-21-11)12-2-4-13(5-3-12)19(20)23;1-11-17(14-6-7-15-16(10-14)25-9-8-24-15)18(21-20-11)12-2-4-13(5-3-12)19(22)23;3-1(5)2(4)6/h3-8,11H,9-10H2,1-2H3,(H,21,22);2-7,10H,8-9H2,1H3,(H,21,22);2-7,10H,8-9H2,1H3,(H,20,21)(H,22,23);. The first-order chi connectivity index (χ1) is 39.0. The average molecular weight is 1150 g/mol. The van der Waals surface area contributed by atoms with Crippen molar-refractivity contribution < 1.29 is 57.5 Å². The Balaban J connectivity index is 0.000000139. The van der Waals surface area contributed by atoms with E-state index in [2.05, 4.69) is 53.8 Å². The molecule has 9 aromatic rings. The number of fused-ring (bicyclic) bond motifs is 3. The fourth-order valence-corrected chi connectivity index (χ4v) is 9.09. The van der Waals surface area contributed by atoms with Gasteiger partial charge in [-0.3, -0.25) is 34.5 Å². The number of ether oxygens (including phenoxy) is 6. The molecule has 6 heterocycles. The van der Waals surface area contributed by atoms with Crippen LogP contribution in [-0.2, 0) is 9.59 Å². The van der Waals surface area contributed by atoms with E-state index in [-0.39, 0.29) is 11.3 Å². The summed E-state index contributed by atoms with van der Waals surface area (Å²) in [5.41, 5.74) is 15.3. The van der Waals surface area contributed by atoms with E-state index in [0.29, 0.717) is 50.8 Å². The zero-order chi connectivity index (χ0) is 57.3. The number of nitrogens with one attached hydrogen (secondary N) is 3. The summed E-state index contributed by atoms with van der Waals surface area (Å²) in [6.45, 7) is 10.8. The van der Waals surface area contributed by atoms with Crippen molar-refractivity contribution in [2.75, 3.05) is 39.6 Å². The highest BCUT2D eigenvalue weighted by Gasteiger charge is 2.22. The maximum atomic E-state index is 11.5. The van der Waals surface area contributed by atoms with Gasteiger partial charge in [0, 0.05) is 61.6 Å². The molecular weight excluding hydrogens is 1100 g/mol. The number of ketones is 1. The molecule has 0 saturated heterocycles. The van der Waals surface area contributed by atoms with Crippen molar-refractivity contribution in [1.29, 1.82) is 0 Å². The number of Topliss-reactive ketones (excluding diaryl/α,β-unsaturated/α-hetero) is 1. The summed E-state index contributed by atoms with van der Waals surface area (Å²) in [4.78, 5) is 52.6. The predicted octanol–water partition coefficient (Wildman–Crippen LogP) is 12.3. The average Bonchev–Trinajstić information content (AvgIpc) is 4.44. The zero-order valence-electron chi connectivity index (χ0n) is 43.8. The summed E-state index contributed by atoms with van der Waals surface area (Å²) in [5, 5.41) is 28.7. The highest BCUT2D eigenvalue weighted by molar-refractivity contribution is 6.97. The number of hydrogen-bond acceptors (Lipinski definition) is 14. The fraction of sp³-hybridized carbons (Fsp3) is 0.167. The van der Waals surface area contributed by atoms with Crippen LogP contribution in [0.1, 0.15) is 55.1 Å². The molecule has 3 aromatic heterocycles. The second kappa shape index (κ2) is 25.3. The fourth-order valence-electron chi connectivity index (χ4n) is 8.96. The number of aromatic carboxylic acids is 1. The third kappa shape index (κ3) is 13.1. The Morgan fingerprint density at radius 1 is 0.395 bits per heavy atom. The number of carboxylic acid groups (broad SMARTS) is 1. The second-order valence-corrected chi connectivity index (χ2v) is 19.2. The lowest BCUT2D eigenvalue weighted by Gasteiger charge is -2.19. The van der Waals surface area contributed by atoms with E-state index in [9.17, 15) is 24.0 Å². The molecule has 0 spiro atoms. The van der Waals surface area contributed by atoms with Crippen molar-refractivity contribution in [3.05, 3.63) is 161 Å². The molecule has 4 N–H and O–H groups in total. The van der Waals surface area contributed by atoms with Gasteiger partial charge in [-0.25, -0.2) is 4.79 Å². The number of benzene rings is 6. The Kier molecular flexibility index (Phi) is 17.6. The van der Waals surface area contributed by atoms with E-state index in [1.807, 2.05) is 112 Å². The van der Waals surface area contributed by atoms with E-state index in [0.717, 1.165) is 119 Å². The van der Waals surface area contributed by atoms with E-state index in [4.69, 9.17) is 45.1 Å². The number of H-pyrrole nitrogens is 3. The number of aromatic nitrogens is 6. The smallest absolute Gasteiger partial charge is 0.335 e. The summed E-state index contributed by atoms with van der Waals surface area (Å²) >= 11 is 14.5. The lowest BCUT2D eigenvalue weighted by atomic mass is 9.98. The zero-order valence-corrected chi connectivity index (χ0v) is 46.0. The van der Waals surface area contributed by atoms with E-state index in [1.165, 1.54) is 0 Å². The number of halogens is 3. The Morgan fingerprint density at radius 3 is 0.938 bits per heavy atom. The largest absolute Gasteiger partial charge is 0.486 e. The van der Waals surface area contributed by atoms with Gasteiger partial charge in [-0.05, 0) is 140 Å². The van der Waals surface area contributed by atoms with E-state index >= 15 is 0 Å². The van der Waals surface area contributed by atoms with Crippen LogP contribution in [0.2, 0.25) is 0 Å². The summed E-state index contributed by atoms with van der Waals surface area (Å²) in [7, 11) is 0. The number of aromatic amines is 3. The molecule has 81 heavy (non-hydrogen) atoms. The summed E-state index contributed by atoms with van der Waals surface area (Å²) < 4.78 is 33.8. The predicted molar refractivity (Wildman–Crippen MR) is 304 cm³/mol. The first-order valence-electron chi connectivity index (χ1n) is 25.0. The molecule has 0 unspecified atom stereocenters. The van der Waals surface area contributed by atoms with Crippen LogP contribution in [0.4, 0.5) is 0 Å². The molecule has 21 heteroatoms. The van der Waals surface area contributed by atoms with Gasteiger partial charge in [0.25, 0.3) is 5.24 Å². The van der Waals surface area contributed by atoms with Crippen LogP contribution in [0, 0.1) is 20.8 Å². The number of rotatable bonds is 10. The molecule has 0 amide bonds. The van der Waals surface area contributed by atoms with Gasteiger partial charge in [-0.2, -0.15) is 15.3 Å². The maximum Gasteiger partial charge on any atom is 0.335 e. The van der Waals surface area contributed by atoms with Crippen molar-refractivity contribution in [1.82, 2.24) is 30.6 Å². The quantitative estimate of drug-likeness (QED) is 0.0565. The van der Waals surface area contributed by atoms with Gasteiger partial charge in [-0.1, -0.05) is 66.7 Å². The Labute approximate surface area is 478 Å². The first kappa shape index (κ1) is 56.5. The van der Waals surface area contributed by atoms with Crippen molar-refractivity contribution in [3.8, 4) is 102 Å². The summed E-state index contributed by atoms with van der Waals surface area (Å²) in [6.07, 6.45) is 0. The number of carbonyl (C=O) groups excluding carboxylic acids is 4. The molecular formula is C60H49Cl3N6O12. The van der Waals surface area contributed by atoms with Gasteiger partial charge >= 0.3 is 16.5 Å². The number of carbonyl (C=O) groups is 5. The van der Waals surface area contributed by atoms with Crippen LogP contribution < -0.4 is 28.4 Å². The summed E-state index contributed by atoms with van der Waals surface area (Å²) in [5.74, 6) is 3.57. The summed E-state index contributed by atoms with van der Waals surface area (Å²) in [6, 6.07) is 38.9. The Hall–Kier alpha value is -9.23. The van der Waals surface area contributed by atoms with Gasteiger partial charge in [0.1, 0.15) is 56.7 Å². The van der Waals surface area contributed by atoms with Gasteiger partial charge in [0.2, 0.25) is 0 Å². The molecule has 18 nitrogen and oxygen atoms in total. The molecule has 412 valence electrons. The molecule has 0 bridgehead atoms. The van der Waals surface area contributed by atoms with E-state index < -0.39 is 21.7 Å². The highest BCUT2D eigenvalue weighted by atomic mass is 35.5. The molecule has 3 aliphatic heterocycles. The first-order valence-corrected chi connectivity index (χ1v) is 26.2. The minimum absolute atomic E-state index is 0.0526. The number of aryl methyl sites for hydroxylation is 3. The molecule has 0 saturated carbocycles. The van der Waals surface area contributed by atoms with E-state index in [1.54, 1.807) is 43.3 Å². The van der Waals surface area contributed by atoms with Gasteiger partial charge in [-0.15, -0.1) is 0 Å². The van der Waals surface area contributed by atoms with Crippen LogP contribution in [0.3, 0.4) is 0 Å². The monoisotopic (exact) mass is 1150 g/mol. The van der Waals surface area contributed by atoms with Crippen molar-refractivity contribution in [2.45, 2.75) is 27.7 Å². The molecule has 0 atom stereocenters. The SMILES string of the molecule is CC(=O)c1ccc(-c2n[nH]c(C)c2-c2ccc3c(c2)OCCO3)cc1.Cc1[nH]nc(-c2ccc(C(=O)Cl)cc2)c1-c1ccc2c(c1)OCCO2.Cc1[nH]nc(-c2ccc(C(=O)O)cc2)c1-c1ccc2c(c1)OCCO2.O=C(Cl)C(=O)Cl. The number of carboxylic acids is 1. The lowest BCUT2D eigenvalue weighted by molar-refractivity contribution is -0.127. The minimum atomic E-state index is -1.14. The van der Waals surface area contributed by atoms with Crippen molar-refractivity contribution in [2.24, 2.45) is 0 Å². The van der Waals surface area contributed by atoms with Gasteiger partial charge in [0.15, 0.2) is 40.3 Å². The molecule has 0 aliphatic carbocycles. The maximum absolute atomic E-state index is 11.5. The normalized spacial score (nSPS) is 12.5. The van der Waals surface area contributed by atoms with Crippen LogP contribution in [0.5, 0.6) is 34.5 Å². The van der Waals surface area contributed by atoms with Crippen LogP contribution in [-0.4, -0.2) is 103 Å². The highest BCUT2D eigenvalue weighted by Crippen LogP contribution is 2.42. The molecule has 0 radical (unpaired) electrons. The van der Waals surface area contributed by atoms with Crippen LogP contribution >= 0.6 is 34.8 Å². The van der Waals surface area contributed by atoms with Crippen molar-refractivity contribution in [3.63, 3.8) is 0 Å². The third-order valence-electron chi connectivity index (χ3n) is 12.8. The number of hydrogen-bond donors (Lipinski definition) is 4. The van der Waals surface area contributed by atoms with Crippen molar-refractivity contribution >= 4 is 62.3 Å². The molecule has 3 aliphatic rings. The van der Waals surface area contributed by atoms with Crippen LogP contribution in [0.15, 0.2) is 127 Å². The molecule has 0 fully saturated rings. The second-order valence-electron chi connectivity index (χ2n) is 18.2. The Bertz CT molecular complexity index is 3430. The van der Waals surface area contributed by atoms with Gasteiger partial charge < -0.3 is 33.5 Å². The lowest BCUT2D eigenvalue weighted by Crippen LogP contribution is -2.15. The Morgan fingerprint density at radius 2 is 0.667 bits per heavy atom. The number of nitrogens with zero attached hydrogens (tertiary/aromatic N) is 3.